The third-order valence-electron chi connectivity index (χ3n) is 3.25. The summed E-state index contributed by atoms with van der Waals surface area (Å²) in [5.74, 6) is -4.43. The predicted octanol–water partition coefficient (Wildman–Crippen LogP) is 3.63. The average molecular weight is 385 g/mol. The average Bonchev–Trinajstić information content (AvgIpc) is 2.57. The number of nitrogens with zero attached hydrogens (tertiary/aromatic N) is 1. The van der Waals surface area contributed by atoms with Crippen LogP contribution in [-0.2, 0) is 9.53 Å². The first-order valence-electron chi connectivity index (χ1n) is 7.05. The number of anilines is 1. The Hall–Kier alpha value is -3.07. The molecule has 0 aliphatic heterocycles. The Morgan fingerprint density at radius 3 is 2.54 bits per heavy atom. The van der Waals surface area contributed by atoms with Gasteiger partial charge >= 0.3 is 5.97 Å². The van der Waals surface area contributed by atoms with E-state index in [0.717, 1.165) is 6.07 Å². The Kier molecular flexibility index (Phi) is 5.83. The molecule has 0 aliphatic carbocycles. The lowest BCUT2D eigenvalue weighted by atomic mass is 10.2. The summed E-state index contributed by atoms with van der Waals surface area (Å²) in [6.45, 7) is 0.785. The molecule has 10 heteroatoms. The molecule has 2 rings (SSSR count). The Balaban J connectivity index is 2.01. The minimum Gasteiger partial charge on any atom is -0.452 e. The first-order chi connectivity index (χ1) is 12.2. The SMILES string of the molecule is Cc1ccc(NC(=O)COC(=O)c2cc(F)c(F)cc2Cl)cc1[N+](=O)[O-]. The van der Waals surface area contributed by atoms with Gasteiger partial charge in [0.15, 0.2) is 18.2 Å². The molecule has 0 bridgehead atoms. The summed E-state index contributed by atoms with van der Waals surface area (Å²) in [5.41, 5.74) is -0.0840. The van der Waals surface area contributed by atoms with Gasteiger partial charge in [0.2, 0.25) is 0 Å². The Bertz CT molecular complexity index is 904. The van der Waals surface area contributed by atoms with E-state index < -0.39 is 40.6 Å². The first-order valence-corrected chi connectivity index (χ1v) is 7.43. The molecule has 1 N–H and O–H groups in total. The van der Waals surface area contributed by atoms with Crippen molar-refractivity contribution in [3.8, 4) is 0 Å². The van der Waals surface area contributed by atoms with Crippen LogP contribution in [0.5, 0.6) is 0 Å². The van der Waals surface area contributed by atoms with Crippen molar-refractivity contribution in [3.63, 3.8) is 0 Å². The van der Waals surface area contributed by atoms with Gasteiger partial charge in [0.05, 0.1) is 15.5 Å². The number of hydrogen-bond donors (Lipinski definition) is 1. The monoisotopic (exact) mass is 384 g/mol. The van der Waals surface area contributed by atoms with Crippen molar-refractivity contribution in [3.05, 3.63) is 68.2 Å². The van der Waals surface area contributed by atoms with Crippen LogP contribution in [0.1, 0.15) is 15.9 Å². The highest BCUT2D eigenvalue weighted by atomic mass is 35.5. The van der Waals surface area contributed by atoms with E-state index in [2.05, 4.69) is 10.1 Å². The van der Waals surface area contributed by atoms with Crippen molar-refractivity contribution in [1.29, 1.82) is 0 Å². The van der Waals surface area contributed by atoms with Gasteiger partial charge in [-0.05, 0) is 25.1 Å². The first kappa shape index (κ1) is 19.3. The van der Waals surface area contributed by atoms with E-state index in [0.29, 0.717) is 17.7 Å². The Morgan fingerprint density at radius 2 is 1.88 bits per heavy atom. The van der Waals surface area contributed by atoms with Crippen LogP contribution in [0, 0.1) is 28.7 Å². The van der Waals surface area contributed by atoms with E-state index in [1.807, 2.05) is 0 Å². The molecule has 26 heavy (non-hydrogen) atoms. The van der Waals surface area contributed by atoms with Crippen LogP contribution in [-0.4, -0.2) is 23.4 Å². The van der Waals surface area contributed by atoms with Crippen molar-refractivity contribution in [2.75, 3.05) is 11.9 Å². The van der Waals surface area contributed by atoms with Gasteiger partial charge < -0.3 is 10.1 Å². The lowest BCUT2D eigenvalue weighted by Crippen LogP contribution is -2.21. The highest BCUT2D eigenvalue weighted by Crippen LogP contribution is 2.23. The molecule has 7 nitrogen and oxygen atoms in total. The zero-order chi connectivity index (χ0) is 19.4. The summed E-state index contributed by atoms with van der Waals surface area (Å²) in [7, 11) is 0. The molecule has 0 atom stereocenters. The molecule has 136 valence electrons. The minimum absolute atomic E-state index is 0.134. The Labute approximate surface area is 150 Å². The summed E-state index contributed by atoms with van der Waals surface area (Å²) in [6.07, 6.45) is 0. The summed E-state index contributed by atoms with van der Waals surface area (Å²) in [5, 5.41) is 12.8. The van der Waals surface area contributed by atoms with Crippen molar-refractivity contribution >= 4 is 34.9 Å². The second kappa shape index (κ2) is 7.87. The number of amides is 1. The fraction of sp³-hybridized carbons (Fsp3) is 0.125. The van der Waals surface area contributed by atoms with Crippen LogP contribution in [0.4, 0.5) is 20.2 Å². The van der Waals surface area contributed by atoms with Crippen LogP contribution < -0.4 is 5.32 Å². The van der Waals surface area contributed by atoms with Crippen molar-refractivity contribution in [1.82, 2.24) is 0 Å². The van der Waals surface area contributed by atoms with Crippen LogP contribution in [0.3, 0.4) is 0 Å². The minimum atomic E-state index is -1.29. The number of carbonyl (C=O) groups excluding carboxylic acids is 2. The molecule has 0 saturated heterocycles. The van der Waals surface area contributed by atoms with Crippen molar-refractivity contribution in [2.24, 2.45) is 0 Å². The van der Waals surface area contributed by atoms with Gasteiger partial charge in [0.1, 0.15) is 0 Å². The highest BCUT2D eigenvalue weighted by molar-refractivity contribution is 6.33. The molecular formula is C16H11ClF2N2O5. The van der Waals surface area contributed by atoms with Gasteiger partial charge in [-0.25, -0.2) is 13.6 Å². The standard InChI is InChI=1S/C16H11ClF2N2O5/c1-8-2-3-9(4-14(8)21(24)25)20-15(22)7-26-16(23)10-5-12(18)13(19)6-11(10)17/h2-6H,7H2,1H3,(H,20,22). The summed E-state index contributed by atoms with van der Waals surface area (Å²) in [4.78, 5) is 33.9. The van der Waals surface area contributed by atoms with Crippen LogP contribution in [0.25, 0.3) is 0 Å². The fourth-order valence-corrected chi connectivity index (χ4v) is 2.20. The topological polar surface area (TPSA) is 98.5 Å². The number of carbonyl (C=O) groups is 2. The van der Waals surface area contributed by atoms with Gasteiger partial charge in [-0.2, -0.15) is 0 Å². The van der Waals surface area contributed by atoms with Crippen LogP contribution in [0.15, 0.2) is 30.3 Å². The number of ether oxygens (including phenoxy) is 1. The number of esters is 1. The molecule has 0 spiro atoms. The number of nitrogens with one attached hydrogen (secondary N) is 1. The quantitative estimate of drug-likeness (QED) is 0.367. The van der Waals surface area contributed by atoms with Gasteiger partial charge in [0.25, 0.3) is 11.6 Å². The molecule has 0 aliphatic rings. The largest absolute Gasteiger partial charge is 0.452 e. The van der Waals surface area contributed by atoms with Crippen molar-refractivity contribution < 1.29 is 28.0 Å². The maximum Gasteiger partial charge on any atom is 0.340 e. The molecule has 0 heterocycles. The lowest BCUT2D eigenvalue weighted by molar-refractivity contribution is -0.385. The number of nitro benzene ring substituents is 1. The number of aryl methyl sites for hydroxylation is 1. The maximum atomic E-state index is 13.2. The zero-order valence-corrected chi connectivity index (χ0v) is 14.0. The van der Waals surface area contributed by atoms with E-state index in [9.17, 15) is 28.5 Å². The molecule has 1 amide bonds. The van der Waals surface area contributed by atoms with Gasteiger partial charge in [-0.3, -0.25) is 14.9 Å². The van der Waals surface area contributed by atoms with E-state index in [1.165, 1.54) is 19.1 Å². The van der Waals surface area contributed by atoms with E-state index >= 15 is 0 Å². The van der Waals surface area contributed by atoms with E-state index in [4.69, 9.17) is 11.6 Å². The number of rotatable bonds is 5. The second-order valence-electron chi connectivity index (χ2n) is 5.13. The fourth-order valence-electron chi connectivity index (χ4n) is 1.97. The van der Waals surface area contributed by atoms with E-state index in [-0.39, 0.29) is 16.4 Å². The molecule has 0 radical (unpaired) electrons. The van der Waals surface area contributed by atoms with E-state index in [1.54, 1.807) is 0 Å². The van der Waals surface area contributed by atoms with Gasteiger partial charge in [-0.15, -0.1) is 0 Å². The number of benzene rings is 2. The van der Waals surface area contributed by atoms with Crippen LogP contribution in [0.2, 0.25) is 5.02 Å². The van der Waals surface area contributed by atoms with Crippen molar-refractivity contribution in [2.45, 2.75) is 6.92 Å². The highest BCUT2D eigenvalue weighted by Gasteiger charge is 2.18. The summed E-state index contributed by atoms with van der Waals surface area (Å²) in [6, 6.07) is 5.20. The Morgan fingerprint density at radius 1 is 1.23 bits per heavy atom. The lowest BCUT2D eigenvalue weighted by Gasteiger charge is -2.08. The molecule has 0 saturated carbocycles. The predicted molar refractivity (Wildman–Crippen MR) is 88.1 cm³/mol. The second-order valence-corrected chi connectivity index (χ2v) is 5.54. The molecule has 0 fully saturated rings. The summed E-state index contributed by atoms with van der Waals surface area (Å²) >= 11 is 5.63. The van der Waals surface area contributed by atoms with Crippen LogP contribution >= 0.6 is 11.6 Å². The maximum absolute atomic E-state index is 13.2. The number of nitro groups is 1. The molecular weight excluding hydrogens is 374 g/mol. The molecule has 0 unspecified atom stereocenters. The molecule has 2 aromatic rings. The third-order valence-corrected chi connectivity index (χ3v) is 3.57. The van der Waals surface area contributed by atoms with Gasteiger partial charge in [-0.1, -0.05) is 17.7 Å². The zero-order valence-electron chi connectivity index (χ0n) is 13.2. The third kappa shape index (κ3) is 4.51. The molecule has 0 aromatic heterocycles. The number of hydrogen-bond acceptors (Lipinski definition) is 5. The molecule has 2 aromatic carbocycles. The number of halogens is 3. The smallest absolute Gasteiger partial charge is 0.340 e. The summed E-state index contributed by atoms with van der Waals surface area (Å²) < 4.78 is 30.8. The van der Waals surface area contributed by atoms with Gasteiger partial charge in [0, 0.05) is 17.3 Å². The normalized spacial score (nSPS) is 10.3.